The Kier molecular flexibility index (Phi) is 3.31. The van der Waals surface area contributed by atoms with Crippen molar-refractivity contribution in [2.45, 2.75) is 25.7 Å². The van der Waals surface area contributed by atoms with E-state index in [-0.39, 0.29) is 0 Å². The number of nitrogens with two attached hydrogens (primary N) is 1. The zero-order chi connectivity index (χ0) is 11.4. The number of hydrogen-bond acceptors (Lipinski definition) is 3. The Hall–Kier alpha value is -1.69. The predicted octanol–water partition coefficient (Wildman–Crippen LogP) is 2.33. The fourth-order valence-corrected chi connectivity index (χ4v) is 2.25. The number of hydrogen-bond donors (Lipinski definition) is 1. The average Bonchev–Trinajstić information content (AvgIpc) is 2.30. The molecule has 1 aliphatic rings. The van der Waals surface area contributed by atoms with Gasteiger partial charge in [0.25, 0.3) is 0 Å². The summed E-state index contributed by atoms with van der Waals surface area (Å²) in [5.41, 5.74) is 9.30. The average molecular weight is 215 g/mol. The van der Waals surface area contributed by atoms with Gasteiger partial charge in [-0.05, 0) is 37.0 Å². The molecule has 16 heavy (non-hydrogen) atoms. The second-order valence-corrected chi connectivity index (χ2v) is 4.24. The van der Waals surface area contributed by atoms with Crippen LogP contribution in [0.2, 0.25) is 0 Å². The van der Waals surface area contributed by atoms with Crippen molar-refractivity contribution in [3.05, 3.63) is 23.8 Å². The van der Waals surface area contributed by atoms with Crippen molar-refractivity contribution in [2.24, 2.45) is 0 Å². The number of fused-ring (bicyclic) bond motifs is 1. The minimum Gasteiger partial charge on any atom is -0.399 e. The van der Waals surface area contributed by atoms with Crippen molar-refractivity contribution in [2.75, 3.05) is 23.7 Å². The van der Waals surface area contributed by atoms with Gasteiger partial charge in [0.05, 0.1) is 6.07 Å². The van der Waals surface area contributed by atoms with Crippen molar-refractivity contribution < 1.29 is 0 Å². The van der Waals surface area contributed by atoms with Gasteiger partial charge < -0.3 is 10.6 Å². The highest BCUT2D eigenvalue weighted by molar-refractivity contribution is 5.62. The summed E-state index contributed by atoms with van der Waals surface area (Å²) < 4.78 is 0. The van der Waals surface area contributed by atoms with E-state index in [9.17, 15) is 0 Å². The summed E-state index contributed by atoms with van der Waals surface area (Å²) >= 11 is 0. The van der Waals surface area contributed by atoms with Gasteiger partial charge in [0.2, 0.25) is 0 Å². The van der Waals surface area contributed by atoms with Gasteiger partial charge in [0.15, 0.2) is 0 Å². The maximum Gasteiger partial charge on any atom is 0.0622 e. The first-order valence-corrected chi connectivity index (χ1v) is 5.81. The number of aryl methyl sites for hydroxylation is 1. The van der Waals surface area contributed by atoms with E-state index in [0.717, 1.165) is 31.6 Å². The minimum absolute atomic E-state index is 0.633. The van der Waals surface area contributed by atoms with Crippen LogP contribution in [0.5, 0.6) is 0 Å². The third kappa shape index (κ3) is 2.27. The van der Waals surface area contributed by atoms with E-state index in [1.54, 1.807) is 0 Å². The SMILES string of the molecule is N#CCCCN1CCCc2ccc(N)cc21. The molecule has 0 atom stereocenters. The largest absolute Gasteiger partial charge is 0.399 e. The van der Waals surface area contributed by atoms with Crippen molar-refractivity contribution >= 4 is 11.4 Å². The molecule has 0 spiro atoms. The lowest BCUT2D eigenvalue weighted by Gasteiger charge is -2.31. The number of nitrogen functional groups attached to an aromatic ring is 1. The number of nitrogens with zero attached hydrogens (tertiary/aromatic N) is 2. The minimum atomic E-state index is 0.633. The van der Waals surface area contributed by atoms with Crippen LogP contribution in [0.15, 0.2) is 18.2 Å². The second-order valence-electron chi connectivity index (χ2n) is 4.24. The van der Waals surface area contributed by atoms with Gasteiger partial charge in [0.1, 0.15) is 0 Å². The molecule has 84 valence electrons. The molecule has 0 bridgehead atoms. The molecule has 0 saturated heterocycles. The quantitative estimate of drug-likeness (QED) is 0.622. The smallest absolute Gasteiger partial charge is 0.0622 e. The third-order valence-electron chi connectivity index (χ3n) is 3.04. The summed E-state index contributed by atoms with van der Waals surface area (Å²) in [6.07, 6.45) is 3.91. The lowest BCUT2D eigenvalue weighted by atomic mass is 10.0. The van der Waals surface area contributed by atoms with Crippen LogP contribution in [-0.2, 0) is 6.42 Å². The van der Waals surface area contributed by atoms with E-state index in [0.29, 0.717) is 6.42 Å². The molecule has 0 unspecified atom stereocenters. The first-order chi connectivity index (χ1) is 7.81. The molecule has 1 heterocycles. The van der Waals surface area contributed by atoms with Gasteiger partial charge in [-0.25, -0.2) is 0 Å². The monoisotopic (exact) mass is 215 g/mol. The van der Waals surface area contributed by atoms with Crippen LogP contribution in [0.4, 0.5) is 11.4 Å². The van der Waals surface area contributed by atoms with Gasteiger partial charge >= 0.3 is 0 Å². The standard InChI is InChI=1S/C13H17N3/c14-7-1-2-8-16-9-3-4-11-5-6-12(15)10-13(11)16/h5-6,10H,1-4,8-9,15H2. The van der Waals surface area contributed by atoms with Gasteiger partial charge in [-0.15, -0.1) is 0 Å². The molecule has 1 aliphatic heterocycles. The van der Waals surface area contributed by atoms with Gasteiger partial charge in [-0.1, -0.05) is 6.07 Å². The molecular weight excluding hydrogens is 198 g/mol. The van der Waals surface area contributed by atoms with Crippen LogP contribution in [0, 0.1) is 11.3 Å². The molecule has 3 nitrogen and oxygen atoms in total. The molecule has 1 aromatic carbocycles. The summed E-state index contributed by atoms with van der Waals surface area (Å²) in [5.74, 6) is 0. The Labute approximate surface area is 96.5 Å². The Morgan fingerprint density at radius 3 is 3.12 bits per heavy atom. The van der Waals surface area contributed by atoms with Crippen molar-refractivity contribution in [1.82, 2.24) is 0 Å². The Morgan fingerprint density at radius 2 is 2.31 bits per heavy atom. The lowest BCUT2D eigenvalue weighted by molar-refractivity contribution is 0.670. The lowest BCUT2D eigenvalue weighted by Crippen LogP contribution is -2.30. The predicted molar refractivity (Wildman–Crippen MR) is 66.2 cm³/mol. The molecule has 0 radical (unpaired) electrons. The molecule has 2 rings (SSSR count). The van der Waals surface area contributed by atoms with Gasteiger partial charge in [-0.2, -0.15) is 5.26 Å². The summed E-state index contributed by atoms with van der Waals surface area (Å²) in [4.78, 5) is 2.35. The van der Waals surface area contributed by atoms with Crippen LogP contribution >= 0.6 is 0 Å². The van der Waals surface area contributed by atoms with Crippen molar-refractivity contribution in [3.8, 4) is 6.07 Å². The zero-order valence-electron chi connectivity index (χ0n) is 9.45. The van der Waals surface area contributed by atoms with Crippen LogP contribution < -0.4 is 10.6 Å². The van der Waals surface area contributed by atoms with Crippen LogP contribution in [0.25, 0.3) is 0 Å². The highest BCUT2D eigenvalue weighted by Gasteiger charge is 2.16. The summed E-state index contributed by atoms with van der Waals surface area (Å²) in [6.45, 7) is 2.05. The number of unbranched alkanes of at least 4 members (excludes halogenated alkanes) is 1. The molecule has 0 fully saturated rings. The Bertz CT molecular complexity index is 406. The molecule has 0 amide bonds. The Morgan fingerprint density at radius 1 is 1.44 bits per heavy atom. The summed E-state index contributed by atoms with van der Waals surface area (Å²) in [6, 6.07) is 8.34. The van der Waals surface area contributed by atoms with E-state index in [1.807, 2.05) is 6.07 Å². The summed E-state index contributed by atoms with van der Waals surface area (Å²) in [5, 5.41) is 8.55. The maximum atomic E-state index is 8.55. The highest BCUT2D eigenvalue weighted by Crippen LogP contribution is 2.29. The fourth-order valence-electron chi connectivity index (χ4n) is 2.25. The molecule has 1 aromatic rings. The number of rotatable bonds is 3. The molecule has 3 heteroatoms. The van der Waals surface area contributed by atoms with Crippen molar-refractivity contribution in [3.63, 3.8) is 0 Å². The van der Waals surface area contributed by atoms with E-state index in [2.05, 4.69) is 23.1 Å². The third-order valence-corrected chi connectivity index (χ3v) is 3.04. The molecule has 2 N–H and O–H groups in total. The maximum absolute atomic E-state index is 8.55. The first kappa shape index (κ1) is 10.8. The first-order valence-electron chi connectivity index (χ1n) is 5.81. The Balaban J connectivity index is 2.12. The molecule has 0 aliphatic carbocycles. The van der Waals surface area contributed by atoms with Crippen molar-refractivity contribution in [1.29, 1.82) is 5.26 Å². The van der Waals surface area contributed by atoms with E-state index < -0.39 is 0 Å². The van der Waals surface area contributed by atoms with Crippen LogP contribution in [-0.4, -0.2) is 13.1 Å². The fraction of sp³-hybridized carbons (Fsp3) is 0.462. The highest BCUT2D eigenvalue weighted by atomic mass is 15.1. The van der Waals surface area contributed by atoms with Gasteiger partial charge in [-0.3, -0.25) is 0 Å². The molecule has 0 saturated carbocycles. The van der Waals surface area contributed by atoms with Crippen LogP contribution in [0.1, 0.15) is 24.8 Å². The zero-order valence-corrected chi connectivity index (χ0v) is 9.45. The summed E-state index contributed by atoms with van der Waals surface area (Å²) in [7, 11) is 0. The molecular formula is C13H17N3. The van der Waals surface area contributed by atoms with E-state index >= 15 is 0 Å². The van der Waals surface area contributed by atoms with Gasteiger partial charge in [0, 0.05) is 30.9 Å². The second kappa shape index (κ2) is 4.89. The van der Waals surface area contributed by atoms with E-state index in [1.165, 1.54) is 17.7 Å². The normalized spacial score (nSPS) is 14.3. The van der Waals surface area contributed by atoms with E-state index in [4.69, 9.17) is 11.0 Å². The number of nitriles is 1. The topological polar surface area (TPSA) is 53.0 Å². The number of benzene rings is 1. The van der Waals surface area contributed by atoms with Crippen LogP contribution in [0.3, 0.4) is 0 Å². The molecule has 0 aromatic heterocycles. The number of anilines is 2.